The van der Waals surface area contributed by atoms with Crippen LogP contribution in [0.5, 0.6) is 5.75 Å². The van der Waals surface area contributed by atoms with Crippen molar-refractivity contribution < 1.29 is 9.66 Å². The molecule has 0 radical (unpaired) electrons. The first-order valence-corrected chi connectivity index (χ1v) is 6.14. The monoisotopic (exact) mass is 257 g/mol. The van der Waals surface area contributed by atoms with Crippen LogP contribution in [0.15, 0.2) is 48.5 Å². The molecule has 0 atom stereocenters. The molecule has 0 saturated heterocycles. The zero-order valence-electron chi connectivity index (χ0n) is 10.7. The third-order valence-corrected chi connectivity index (χ3v) is 2.87. The van der Waals surface area contributed by atoms with Crippen LogP contribution >= 0.6 is 0 Å². The number of hydrogen-bond donors (Lipinski definition) is 0. The minimum absolute atomic E-state index is 0.0234. The summed E-state index contributed by atoms with van der Waals surface area (Å²) in [5, 5.41) is 11.0. The lowest BCUT2D eigenvalue weighted by Gasteiger charge is -2.07. The van der Waals surface area contributed by atoms with E-state index >= 15 is 0 Å². The Morgan fingerprint density at radius 1 is 1.11 bits per heavy atom. The van der Waals surface area contributed by atoms with Crippen molar-refractivity contribution in [1.82, 2.24) is 0 Å². The summed E-state index contributed by atoms with van der Waals surface area (Å²) in [6, 6.07) is 14.7. The molecule has 0 amide bonds. The number of benzene rings is 2. The Morgan fingerprint density at radius 3 is 2.47 bits per heavy atom. The first-order chi connectivity index (χ1) is 9.20. The fourth-order valence-corrected chi connectivity index (χ4v) is 1.78. The van der Waals surface area contributed by atoms with Crippen LogP contribution in [0.3, 0.4) is 0 Å². The maximum absolute atomic E-state index is 11.0. The third kappa shape index (κ3) is 3.31. The Morgan fingerprint density at radius 2 is 1.84 bits per heavy atom. The molecule has 0 N–H and O–H groups in total. The quantitative estimate of drug-likeness (QED) is 0.605. The number of aryl methyl sites for hydroxylation is 1. The highest BCUT2D eigenvalue weighted by Gasteiger charge is 2.15. The van der Waals surface area contributed by atoms with E-state index in [1.165, 1.54) is 0 Å². The summed E-state index contributed by atoms with van der Waals surface area (Å²) in [5.41, 5.74) is 1.94. The molecule has 4 nitrogen and oxygen atoms in total. The molecule has 0 saturated carbocycles. The molecule has 0 aliphatic heterocycles. The fourth-order valence-electron chi connectivity index (χ4n) is 1.78. The van der Waals surface area contributed by atoms with Gasteiger partial charge in [0.05, 0.1) is 4.92 Å². The van der Waals surface area contributed by atoms with Crippen LogP contribution in [0.4, 0.5) is 5.69 Å². The minimum atomic E-state index is -0.403. The smallest absolute Gasteiger partial charge is 0.311 e. The zero-order chi connectivity index (χ0) is 13.7. The Labute approximate surface area is 111 Å². The molecule has 0 aromatic heterocycles. The fraction of sp³-hybridized carbons (Fsp3) is 0.200. The second-order valence-corrected chi connectivity index (χ2v) is 4.19. The van der Waals surface area contributed by atoms with Gasteiger partial charge in [-0.2, -0.15) is 0 Å². The summed E-state index contributed by atoms with van der Waals surface area (Å²) in [6.45, 7) is 2.29. The second-order valence-electron chi connectivity index (χ2n) is 4.19. The number of rotatable bonds is 5. The van der Waals surface area contributed by atoms with Crippen LogP contribution < -0.4 is 4.74 Å². The van der Waals surface area contributed by atoms with E-state index in [9.17, 15) is 10.1 Å². The van der Waals surface area contributed by atoms with Gasteiger partial charge in [-0.05, 0) is 23.6 Å². The van der Waals surface area contributed by atoms with E-state index in [2.05, 4.69) is 0 Å². The molecule has 0 unspecified atom stereocenters. The number of nitro benzene ring substituents is 1. The van der Waals surface area contributed by atoms with Gasteiger partial charge in [-0.1, -0.05) is 43.3 Å². The normalized spacial score (nSPS) is 10.2. The molecule has 0 heterocycles. The topological polar surface area (TPSA) is 52.4 Å². The zero-order valence-corrected chi connectivity index (χ0v) is 10.7. The Balaban J connectivity index is 2.18. The van der Waals surface area contributed by atoms with Gasteiger partial charge in [0.2, 0.25) is 0 Å². The van der Waals surface area contributed by atoms with Crippen LogP contribution in [0, 0.1) is 10.1 Å². The SMILES string of the molecule is CCc1ccc(OCc2ccccc2)c([N+](=O)[O-])c1. The molecule has 0 fully saturated rings. The minimum Gasteiger partial charge on any atom is -0.482 e. The lowest BCUT2D eigenvalue weighted by atomic mass is 10.1. The average Bonchev–Trinajstić information content (AvgIpc) is 2.46. The largest absolute Gasteiger partial charge is 0.482 e. The van der Waals surface area contributed by atoms with Crippen molar-refractivity contribution in [3.8, 4) is 5.75 Å². The average molecular weight is 257 g/mol. The van der Waals surface area contributed by atoms with Crippen molar-refractivity contribution in [2.24, 2.45) is 0 Å². The van der Waals surface area contributed by atoms with Crippen molar-refractivity contribution >= 4 is 5.69 Å². The molecule has 4 heteroatoms. The summed E-state index contributed by atoms with van der Waals surface area (Å²) >= 11 is 0. The van der Waals surface area contributed by atoms with Crippen LogP contribution in [0.25, 0.3) is 0 Å². The van der Waals surface area contributed by atoms with E-state index < -0.39 is 4.92 Å². The summed E-state index contributed by atoms with van der Waals surface area (Å²) in [5.74, 6) is 0.311. The molecule has 0 aliphatic rings. The summed E-state index contributed by atoms with van der Waals surface area (Å²) < 4.78 is 5.54. The Hall–Kier alpha value is -2.36. The van der Waals surface area contributed by atoms with Crippen LogP contribution in [0.2, 0.25) is 0 Å². The lowest BCUT2D eigenvalue weighted by Crippen LogP contribution is -1.99. The highest BCUT2D eigenvalue weighted by molar-refractivity contribution is 5.48. The maximum Gasteiger partial charge on any atom is 0.311 e. The number of ether oxygens (including phenoxy) is 1. The van der Waals surface area contributed by atoms with E-state index in [1.54, 1.807) is 12.1 Å². The molecule has 0 spiro atoms. The molecule has 2 aromatic rings. The summed E-state index contributed by atoms with van der Waals surface area (Å²) in [4.78, 5) is 10.6. The van der Waals surface area contributed by atoms with E-state index in [1.807, 2.05) is 43.3 Å². The first kappa shape index (κ1) is 13.1. The van der Waals surface area contributed by atoms with Crippen LogP contribution in [-0.4, -0.2) is 4.92 Å². The first-order valence-electron chi connectivity index (χ1n) is 6.14. The third-order valence-electron chi connectivity index (χ3n) is 2.87. The van der Waals surface area contributed by atoms with Gasteiger partial charge in [0.1, 0.15) is 6.61 Å². The van der Waals surface area contributed by atoms with Gasteiger partial charge >= 0.3 is 5.69 Å². The van der Waals surface area contributed by atoms with Crippen LogP contribution in [0.1, 0.15) is 18.1 Å². The summed E-state index contributed by atoms with van der Waals surface area (Å²) in [7, 11) is 0. The van der Waals surface area contributed by atoms with Crippen LogP contribution in [-0.2, 0) is 13.0 Å². The van der Waals surface area contributed by atoms with Gasteiger partial charge in [0, 0.05) is 6.07 Å². The summed E-state index contributed by atoms with van der Waals surface area (Å²) in [6.07, 6.45) is 0.764. The predicted molar refractivity (Wildman–Crippen MR) is 73.2 cm³/mol. The van der Waals surface area contributed by atoms with Crippen molar-refractivity contribution in [2.45, 2.75) is 20.0 Å². The Bertz CT molecular complexity index is 567. The molecule has 2 rings (SSSR count). The molecule has 19 heavy (non-hydrogen) atoms. The van der Waals surface area contributed by atoms with Crippen molar-refractivity contribution in [3.05, 3.63) is 69.8 Å². The molecular weight excluding hydrogens is 242 g/mol. The van der Waals surface area contributed by atoms with Gasteiger partial charge in [0.15, 0.2) is 5.75 Å². The maximum atomic E-state index is 11.0. The van der Waals surface area contributed by atoms with Gasteiger partial charge in [-0.15, -0.1) is 0 Å². The van der Waals surface area contributed by atoms with Crippen molar-refractivity contribution in [1.29, 1.82) is 0 Å². The highest BCUT2D eigenvalue weighted by Crippen LogP contribution is 2.28. The van der Waals surface area contributed by atoms with Gasteiger partial charge in [0.25, 0.3) is 0 Å². The molecule has 98 valence electrons. The highest BCUT2D eigenvalue weighted by atomic mass is 16.6. The molecule has 2 aromatic carbocycles. The number of nitro groups is 1. The van der Waals surface area contributed by atoms with Gasteiger partial charge in [-0.3, -0.25) is 10.1 Å². The standard InChI is InChI=1S/C15H15NO3/c1-2-12-8-9-15(14(10-12)16(17)18)19-11-13-6-4-3-5-7-13/h3-10H,2,11H2,1H3. The molecule has 0 bridgehead atoms. The van der Waals surface area contributed by atoms with E-state index in [-0.39, 0.29) is 5.69 Å². The Kier molecular flexibility index (Phi) is 4.13. The van der Waals surface area contributed by atoms with Gasteiger partial charge < -0.3 is 4.74 Å². The van der Waals surface area contributed by atoms with Crippen molar-refractivity contribution in [3.63, 3.8) is 0 Å². The second kappa shape index (κ2) is 6.00. The van der Waals surface area contributed by atoms with E-state index in [0.717, 1.165) is 17.5 Å². The number of nitrogens with zero attached hydrogens (tertiary/aromatic N) is 1. The molecular formula is C15H15NO3. The lowest BCUT2D eigenvalue weighted by molar-refractivity contribution is -0.386. The van der Waals surface area contributed by atoms with Crippen molar-refractivity contribution in [2.75, 3.05) is 0 Å². The molecule has 0 aliphatic carbocycles. The van der Waals surface area contributed by atoms with E-state index in [0.29, 0.717) is 12.4 Å². The van der Waals surface area contributed by atoms with E-state index in [4.69, 9.17) is 4.74 Å². The predicted octanol–water partition coefficient (Wildman–Crippen LogP) is 3.74. The number of hydrogen-bond acceptors (Lipinski definition) is 3. The van der Waals surface area contributed by atoms with Gasteiger partial charge in [-0.25, -0.2) is 0 Å².